The number of nitrogens with zero attached hydrogens (tertiary/aromatic N) is 2. The Labute approximate surface area is 184 Å². The van der Waals surface area contributed by atoms with Crippen molar-refractivity contribution in [3.05, 3.63) is 18.5 Å². The smallest absolute Gasteiger partial charge is 0.157 e. The van der Waals surface area contributed by atoms with Gasteiger partial charge in [0, 0.05) is 23.7 Å². The van der Waals surface area contributed by atoms with Crippen LogP contribution in [0.3, 0.4) is 0 Å². The minimum absolute atomic E-state index is 0.151. The summed E-state index contributed by atoms with van der Waals surface area (Å²) in [7, 11) is 0. The number of fused-ring (bicyclic) bond motifs is 5. The van der Waals surface area contributed by atoms with E-state index in [0.29, 0.717) is 30.1 Å². The highest BCUT2D eigenvalue weighted by atomic mass is 35.5. The van der Waals surface area contributed by atoms with E-state index in [0.717, 1.165) is 37.5 Å². The van der Waals surface area contributed by atoms with Crippen LogP contribution in [0.2, 0.25) is 0 Å². The molecule has 0 amide bonds. The fourth-order valence-corrected chi connectivity index (χ4v) is 8.45. The number of aromatic nitrogens is 2. The summed E-state index contributed by atoms with van der Waals surface area (Å²) in [5.41, 5.74) is -0.728. The molecule has 1 aromatic heterocycles. The molecule has 8 atom stereocenters. The van der Waals surface area contributed by atoms with E-state index >= 15 is 0 Å². The number of hydrogen-bond donors (Lipinski definition) is 1. The zero-order chi connectivity index (χ0) is 20.9. The summed E-state index contributed by atoms with van der Waals surface area (Å²) in [6, 6.07) is 1.89. The molecule has 1 heterocycles. The summed E-state index contributed by atoms with van der Waals surface area (Å²) in [4.78, 5) is 13.2. The standard InChI is InChI=1S/C25H33ClN2O2/c1-24-9-7-19-18-8-10-25(30,11-12-26)15-17(18)3-4-20(19)21(24)5-6-22(24)23(29)16-28-14-2-13-27-28/h2,13-14,17-22,30H,3-10,15-16H2,1H3/t17-,18-,19+,20+,21-,22+,24-,25-/m0/s1. The van der Waals surface area contributed by atoms with Crippen molar-refractivity contribution in [3.8, 4) is 11.3 Å². The third-order valence-corrected chi connectivity index (χ3v) is 9.65. The molecule has 1 N–H and O–H groups in total. The van der Waals surface area contributed by atoms with E-state index in [1.807, 2.05) is 12.3 Å². The van der Waals surface area contributed by atoms with Gasteiger partial charge < -0.3 is 5.11 Å². The summed E-state index contributed by atoms with van der Waals surface area (Å²) in [6.45, 7) is 2.83. The highest BCUT2D eigenvalue weighted by molar-refractivity contribution is 6.30. The third-order valence-electron chi connectivity index (χ3n) is 9.56. The lowest BCUT2D eigenvalue weighted by molar-refractivity contribution is -0.132. The van der Waals surface area contributed by atoms with E-state index in [1.54, 1.807) is 10.9 Å². The van der Waals surface area contributed by atoms with Gasteiger partial charge in [-0.2, -0.15) is 5.10 Å². The molecular weight excluding hydrogens is 396 g/mol. The summed E-state index contributed by atoms with van der Waals surface area (Å²) in [6.07, 6.45) is 13.3. The molecule has 5 rings (SSSR count). The first-order valence-electron chi connectivity index (χ1n) is 11.8. The maximum atomic E-state index is 13.2. The second kappa shape index (κ2) is 7.68. The topological polar surface area (TPSA) is 55.1 Å². The van der Waals surface area contributed by atoms with Gasteiger partial charge in [0.05, 0.1) is 6.54 Å². The summed E-state index contributed by atoms with van der Waals surface area (Å²) in [5, 5.41) is 17.5. The van der Waals surface area contributed by atoms with Gasteiger partial charge in [-0.1, -0.05) is 12.8 Å². The van der Waals surface area contributed by atoms with Crippen molar-refractivity contribution in [1.82, 2.24) is 9.78 Å². The molecule has 0 spiro atoms. The number of aliphatic hydroxyl groups is 1. The zero-order valence-electron chi connectivity index (χ0n) is 17.9. The Kier molecular flexibility index (Phi) is 5.27. The minimum Gasteiger partial charge on any atom is -0.378 e. The molecule has 0 aromatic carbocycles. The molecular formula is C25H33ClN2O2. The van der Waals surface area contributed by atoms with Gasteiger partial charge in [-0.3, -0.25) is 9.48 Å². The van der Waals surface area contributed by atoms with Crippen LogP contribution < -0.4 is 0 Å². The van der Waals surface area contributed by atoms with Crippen LogP contribution in [0.1, 0.15) is 64.7 Å². The first-order chi connectivity index (χ1) is 14.4. The first-order valence-corrected chi connectivity index (χ1v) is 12.2. The van der Waals surface area contributed by atoms with Crippen LogP contribution in [0.5, 0.6) is 0 Å². The highest BCUT2D eigenvalue weighted by Crippen LogP contribution is 2.64. The normalized spacial score (nSPS) is 44.9. The fraction of sp³-hybridized carbons (Fsp3) is 0.760. The largest absolute Gasteiger partial charge is 0.378 e. The van der Waals surface area contributed by atoms with E-state index in [2.05, 4.69) is 23.3 Å². The highest BCUT2D eigenvalue weighted by Gasteiger charge is 2.58. The van der Waals surface area contributed by atoms with Gasteiger partial charge in [-0.15, -0.1) is 0 Å². The summed E-state index contributed by atoms with van der Waals surface area (Å²) < 4.78 is 1.78. The van der Waals surface area contributed by atoms with E-state index < -0.39 is 5.60 Å². The molecule has 0 saturated heterocycles. The van der Waals surface area contributed by atoms with Gasteiger partial charge >= 0.3 is 0 Å². The fourth-order valence-electron chi connectivity index (χ4n) is 8.27. The molecule has 4 nitrogen and oxygen atoms in total. The molecule has 0 unspecified atom stereocenters. The van der Waals surface area contributed by atoms with Crippen molar-refractivity contribution in [2.24, 2.45) is 40.9 Å². The molecule has 30 heavy (non-hydrogen) atoms. The van der Waals surface area contributed by atoms with Crippen molar-refractivity contribution < 1.29 is 9.90 Å². The van der Waals surface area contributed by atoms with Crippen LogP contribution in [-0.2, 0) is 11.3 Å². The van der Waals surface area contributed by atoms with Gasteiger partial charge in [-0.05, 0) is 110 Å². The lowest BCUT2D eigenvalue weighted by atomic mass is 9.49. The first kappa shape index (κ1) is 20.6. The number of Topliss-reactive ketones (excluding diaryl/α,β-unsaturated/α-hetero) is 1. The Hall–Kier alpha value is -1.31. The van der Waals surface area contributed by atoms with Gasteiger partial charge in [0.25, 0.3) is 0 Å². The quantitative estimate of drug-likeness (QED) is 0.713. The average Bonchev–Trinajstić information content (AvgIpc) is 3.34. The summed E-state index contributed by atoms with van der Waals surface area (Å²) >= 11 is 5.62. The molecule has 0 bridgehead atoms. The average molecular weight is 429 g/mol. The maximum Gasteiger partial charge on any atom is 0.157 e. The Morgan fingerprint density at radius 2 is 2.00 bits per heavy atom. The van der Waals surface area contributed by atoms with Crippen LogP contribution in [0.15, 0.2) is 18.5 Å². The number of carbonyl (C=O) groups is 1. The predicted molar refractivity (Wildman–Crippen MR) is 116 cm³/mol. The molecule has 1 aromatic rings. The molecule has 4 aliphatic rings. The molecule has 0 aliphatic heterocycles. The SMILES string of the molecule is C[C@]12CC[C@H]3[C@@H](CC[C@H]4C[C@@](O)(C#CCl)CC[C@@H]43)[C@@H]1CC[C@@H]2C(=O)Cn1cccn1. The molecule has 162 valence electrons. The lowest BCUT2D eigenvalue weighted by Gasteiger charge is -2.56. The maximum absolute atomic E-state index is 13.2. The van der Waals surface area contributed by atoms with Crippen LogP contribution in [0.25, 0.3) is 0 Å². The second-order valence-electron chi connectivity index (χ2n) is 10.8. The van der Waals surface area contributed by atoms with Crippen LogP contribution >= 0.6 is 11.6 Å². The predicted octanol–water partition coefficient (Wildman–Crippen LogP) is 4.65. The Morgan fingerprint density at radius 1 is 1.17 bits per heavy atom. The van der Waals surface area contributed by atoms with E-state index in [9.17, 15) is 9.90 Å². The monoisotopic (exact) mass is 428 g/mol. The Bertz CT molecular complexity index is 858. The number of ketones is 1. The number of rotatable bonds is 3. The second-order valence-corrected chi connectivity index (χ2v) is 11.0. The van der Waals surface area contributed by atoms with Crippen molar-refractivity contribution in [2.45, 2.75) is 76.9 Å². The number of halogens is 1. The zero-order valence-corrected chi connectivity index (χ0v) is 18.7. The van der Waals surface area contributed by atoms with Gasteiger partial charge in [-0.25, -0.2) is 0 Å². The van der Waals surface area contributed by atoms with E-state index in [-0.39, 0.29) is 11.3 Å². The Morgan fingerprint density at radius 3 is 2.77 bits per heavy atom. The molecule has 4 saturated carbocycles. The van der Waals surface area contributed by atoms with E-state index in [4.69, 9.17) is 11.6 Å². The van der Waals surface area contributed by atoms with Crippen LogP contribution in [0, 0.1) is 52.2 Å². The summed E-state index contributed by atoms with van der Waals surface area (Å²) in [5.74, 6) is 6.89. The van der Waals surface area contributed by atoms with Crippen LogP contribution in [-0.4, -0.2) is 26.3 Å². The number of hydrogen-bond acceptors (Lipinski definition) is 3. The van der Waals surface area contributed by atoms with Crippen LogP contribution in [0.4, 0.5) is 0 Å². The third kappa shape index (κ3) is 3.33. The van der Waals surface area contributed by atoms with Crippen molar-refractivity contribution >= 4 is 17.4 Å². The van der Waals surface area contributed by atoms with E-state index in [1.165, 1.54) is 32.1 Å². The Balaban J connectivity index is 1.31. The molecule has 4 fully saturated rings. The molecule has 4 aliphatic carbocycles. The van der Waals surface area contributed by atoms with Gasteiger partial charge in [0.15, 0.2) is 5.78 Å². The minimum atomic E-state index is -0.879. The van der Waals surface area contributed by atoms with Crippen molar-refractivity contribution in [1.29, 1.82) is 0 Å². The van der Waals surface area contributed by atoms with Gasteiger partial charge in [0.1, 0.15) is 5.60 Å². The van der Waals surface area contributed by atoms with Crippen molar-refractivity contribution in [2.75, 3.05) is 0 Å². The van der Waals surface area contributed by atoms with Gasteiger partial charge in [0.2, 0.25) is 0 Å². The van der Waals surface area contributed by atoms with Crippen molar-refractivity contribution in [3.63, 3.8) is 0 Å². The molecule has 0 radical (unpaired) electrons. The molecule has 5 heteroatoms. The lowest BCUT2D eigenvalue weighted by Crippen LogP contribution is -2.51. The number of carbonyl (C=O) groups excluding carboxylic acids is 1.